The molecule has 1 aromatic rings. The van der Waals surface area contributed by atoms with Gasteiger partial charge in [-0.1, -0.05) is 6.07 Å². The van der Waals surface area contributed by atoms with Gasteiger partial charge in [0.1, 0.15) is 18.1 Å². The largest absolute Gasteiger partial charge is 0.480 e. The van der Waals surface area contributed by atoms with Crippen LogP contribution in [0.5, 0.6) is 0 Å². The molecular weight excluding hydrogens is 422 g/mol. The van der Waals surface area contributed by atoms with Crippen LogP contribution in [0.3, 0.4) is 0 Å². The Hall–Kier alpha value is -2.50. The maximum absolute atomic E-state index is 12.8. The molecule has 0 radical (unpaired) electrons. The van der Waals surface area contributed by atoms with E-state index in [4.69, 9.17) is 11.5 Å². The molecule has 0 aliphatic rings. The third-order valence-corrected chi connectivity index (χ3v) is 5.40. The van der Waals surface area contributed by atoms with E-state index >= 15 is 0 Å². The van der Waals surface area contributed by atoms with Gasteiger partial charge in [-0.25, -0.2) is 4.79 Å². The molecule has 0 aliphatic carbocycles. The Balaban J connectivity index is 2.87. The fourth-order valence-electron chi connectivity index (χ4n) is 2.61. The van der Waals surface area contributed by atoms with E-state index in [0.717, 1.165) is 4.88 Å². The first-order valence-corrected chi connectivity index (χ1v) is 11.0. The van der Waals surface area contributed by atoms with Gasteiger partial charge in [0.2, 0.25) is 17.7 Å². The first kappa shape index (κ1) is 26.5. The summed E-state index contributed by atoms with van der Waals surface area (Å²) in [4.78, 5) is 49.8. The van der Waals surface area contributed by atoms with Gasteiger partial charge in [-0.3, -0.25) is 14.4 Å². The number of carboxylic acid groups (broad SMARTS) is 1. The topological polar surface area (TPSA) is 177 Å². The summed E-state index contributed by atoms with van der Waals surface area (Å²) >= 11 is 1.41. The van der Waals surface area contributed by atoms with E-state index in [1.807, 2.05) is 17.5 Å². The van der Waals surface area contributed by atoms with Gasteiger partial charge in [-0.15, -0.1) is 11.3 Å². The molecule has 11 heteroatoms. The smallest absolute Gasteiger partial charge is 0.326 e. The van der Waals surface area contributed by atoms with E-state index in [0.29, 0.717) is 19.4 Å². The Bertz CT molecular complexity index is 748. The minimum absolute atomic E-state index is 0.188. The molecule has 174 valence electrons. The Morgan fingerprint density at radius 3 is 2.26 bits per heavy atom. The lowest BCUT2D eigenvalue weighted by Crippen LogP contribution is -2.58. The molecule has 0 aromatic carbocycles. The third-order valence-electron chi connectivity index (χ3n) is 4.51. The number of nitrogens with one attached hydrogen (secondary N) is 3. The van der Waals surface area contributed by atoms with Crippen molar-refractivity contribution in [2.45, 2.75) is 70.1 Å². The molecular formula is C20H33N5O5S. The van der Waals surface area contributed by atoms with Crippen molar-refractivity contribution in [1.29, 1.82) is 0 Å². The van der Waals surface area contributed by atoms with E-state index in [1.54, 1.807) is 0 Å². The van der Waals surface area contributed by atoms with Gasteiger partial charge >= 0.3 is 5.97 Å². The van der Waals surface area contributed by atoms with Crippen molar-refractivity contribution in [2.24, 2.45) is 11.5 Å². The molecule has 8 N–H and O–H groups in total. The molecule has 1 heterocycles. The van der Waals surface area contributed by atoms with Gasteiger partial charge in [0.05, 0.1) is 5.54 Å². The quantitative estimate of drug-likeness (QED) is 0.221. The molecule has 0 bridgehead atoms. The van der Waals surface area contributed by atoms with Gasteiger partial charge in [-0.05, 0) is 58.0 Å². The van der Waals surface area contributed by atoms with Crippen molar-refractivity contribution in [3.8, 4) is 0 Å². The molecule has 0 spiro atoms. The highest BCUT2D eigenvalue weighted by Crippen LogP contribution is 2.12. The fraction of sp³-hybridized carbons (Fsp3) is 0.600. The van der Waals surface area contributed by atoms with Gasteiger partial charge in [0.25, 0.3) is 0 Å². The second-order valence-corrected chi connectivity index (χ2v) is 8.98. The van der Waals surface area contributed by atoms with E-state index in [-0.39, 0.29) is 12.8 Å². The molecule has 0 saturated heterocycles. The minimum Gasteiger partial charge on any atom is -0.480 e. The van der Waals surface area contributed by atoms with Crippen molar-refractivity contribution in [2.75, 3.05) is 6.54 Å². The third kappa shape index (κ3) is 9.45. The highest BCUT2D eigenvalue weighted by molar-refractivity contribution is 7.09. The number of amides is 3. The number of carbonyl (C=O) groups is 4. The van der Waals surface area contributed by atoms with Crippen LogP contribution in [-0.2, 0) is 25.6 Å². The molecule has 3 amide bonds. The zero-order chi connectivity index (χ0) is 23.6. The second kappa shape index (κ2) is 12.4. The molecule has 0 aliphatic heterocycles. The molecule has 1 aromatic heterocycles. The van der Waals surface area contributed by atoms with Gasteiger partial charge in [0, 0.05) is 11.3 Å². The lowest BCUT2D eigenvalue weighted by atomic mass is 10.1. The molecule has 0 saturated carbocycles. The summed E-state index contributed by atoms with van der Waals surface area (Å²) in [7, 11) is 0. The van der Waals surface area contributed by atoms with Crippen LogP contribution in [-0.4, -0.2) is 59.0 Å². The first-order chi connectivity index (χ1) is 14.5. The SMILES string of the molecule is C[C@H](NC(=O)C(C)(C)N)C(=O)N[C@@H](Cc1cccs1)C(=O)N[C@@H](CCCCN)C(=O)O. The van der Waals surface area contributed by atoms with E-state index in [2.05, 4.69) is 16.0 Å². The predicted molar refractivity (Wildman–Crippen MR) is 118 cm³/mol. The number of unbranched alkanes of at least 4 members (excludes halogenated alkanes) is 1. The lowest BCUT2D eigenvalue weighted by Gasteiger charge is -2.25. The van der Waals surface area contributed by atoms with Crippen LogP contribution in [0.1, 0.15) is 44.9 Å². The number of aliphatic carboxylic acids is 1. The summed E-state index contributed by atoms with van der Waals surface area (Å²) in [6, 6.07) is 0.601. The van der Waals surface area contributed by atoms with Crippen molar-refractivity contribution in [3.05, 3.63) is 22.4 Å². The summed E-state index contributed by atoms with van der Waals surface area (Å²) < 4.78 is 0. The summed E-state index contributed by atoms with van der Waals surface area (Å²) in [6.45, 7) is 4.93. The Morgan fingerprint density at radius 2 is 1.74 bits per heavy atom. The molecule has 0 unspecified atom stereocenters. The van der Waals surface area contributed by atoms with Crippen LogP contribution in [0.15, 0.2) is 17.5 Å². The van der Waals surface area contributed by atoms with Crippen molar-refractivity contribution >= 4 is 35.0 Å². The summed E-state index contributed by atoms with van der Waals surface area (Å²) in [6.07, 6.45) is 1.61. The highest BCUT2D eigenvalue weighted by atomic mass is 32.1. The highest BCUT2D eigenvalue weighted by Gasteiger charge is 2.30. The normalized spacial score (nSPS) is 14.2. The van der Waals surface area contributed by atoms with Crippen LogP contribution in [0, 0.1) is 0 Å². The molecule has 10 nitrogen and oxygen atoms in total. The Labute approximate surface area is 186 Å². The maximum Gasteiger partial charge on any atom is 0.326 e. The Kier molecular flexibility index (Phi) is 10.6. The van der Waals surface area contributed by atoms with Crippen molar-refractivity contribution < 1.29 is 24.3 Å². The average Bonchev–Trinajstić information content (AvgIpc) is 3.18. The number of hydrogen-bond donors (Lipinski definition) is 6. The summed E-state index contributed by atoms with van der Waals surface area (Å²) in [5.41, 5.74) is 10.0. The Morgan fingerprint density at radius 1 is 1.10 bits per heavy atom. The molecule has 3 atom stereocenters. The number of thiophene rings is 1. The second-order valence-electron chi connectivity index (χ2n) is 7.95. The van der Waals surface area contributed by atoms with Crippen molar-refractivity contribution in [3.63, 3.8) is 0 Å². The number of hydrogen-bond acceptors (Lipinski definition) is 7. The summed E-state index contributed by atoms with van der Waals surface area (Å²) in [5, 5.41) is 18.9. The monoisotopic (exact) mass is 455 g/mol. The van der Waals surface area contributed by atoms with Crippen molar-refractivity contribution in [1.82, 2.24) is 16.0 Å². The first-order valence-electron chi connectivity index (χ1n) is 10.1. The van der Waals surface area contributed by atoms with E-state index in [1.165, 1.54) is 32.1 Å². The van der Waals surface area contributed by atoms with Crippen LogP contribution >= 0.6 is 11.3 Å². The number of carboxylic acids is 1. The fourth-order valence-corrected chi connectivity index (χ4v) is 3.36. The maximum atomic E-state index is 12.8. The van der Waals surface area contributed by atoms with E-state index < -0.39 is 47.4 Å². The number of rotatable bonds is 13. The van der Waals surface area contributed by atoms with Crippen LogP contribution in [0.25, 0.3) is 0 Å². The molecule has 0 fully saturated rings. The zero-order valence-corrected chi connectivity index (χ0v) is 19.0. The van der Waals surface area contributed by atoms with Gasteiger partial charge in [0.15, 0.2) is 0 Å². The number of carbonyl (C=O) groups excluding carboxylic acids is 3. The predicted octanol–water partition coefficient (Wildman–Crippen LogP) is -0.284. The lowest BCUT2D eigenvalue weighted by molar-refractivity contribution is -0.142. The molecule has 1 rings (SSSR count). The van der Waals surface area contributed by atoms with Crippen LogP contribution in [0.4, 0.5) is 0 Å². The van der Waals surface area contributed by atoms with Gasteiger partial charge < -0.3 is 32.5 Å². The van der Waals surface area contributed by atoms with Crippen LogP contribution < -0.4 is 27.4 Å². The average molecular weight is 456 g/mol. The van der Waals surface area contributed by atoms with Crippen LogP contribution in [0.2, 0.25) is 0 Å². The molecule has 31 heavy (non-hydrogen) atoms. The van der Waals surface area contributed by atoms with Gasteiger partial charge in [-0.2, -0.15) is 0 Å². The summed E-state index contributed by atoms with van der Waals surface area (Å²) in [5.74, 6) is -2.86. The minimum atomic E-state index is -1.17. The standard InChI is InChI=1S/C20H33N5O5S/c1-12(23-19(30)20(2,3)22)16(26)25-15(11-13-7-6-10-31-13)17(27)24-14(18(28)29)8-4-5-9-21/h6-7,10,12,14-15H,4-5,8-9,11,21-22H2,1-3H3,(H,23,30)(H,24,27)(H,25,26)(H,28,29)/t12-,14-,15-/m0/s1. The zero-order valence-electron chi connectivity index (χ0n) is 18.1. The van der Waals surface area contributed by atoms with E-state index in [9.17, 15) is 24.3 Å². The number of nitrogens with two attached hydrogens (primary N) is 2.